The minimum atomic E-state index is -0.447. The molecular formula is C21H44O6. The highest BCUT2D eigenvalue weighted by Crippen LogP contribution is 2.18. The number of aliphatic hydroxyl groups is 2. The van der Waals surface area contributed by atoms with Crippen LogP contribution in [0.2, 0.25) is 0 Å². The molecule has 6 nitrogen and oxygen atoms in total. The summed E-state index contributed by atoms with van der Waals surface area (Å²) in [6, 6.07) is 0. The zero-order chi connectivity index (χ0) is 21.5. The molecule has 0 radical (unpaired) electrons. The fourth-order valence-electron chi connectivity index (χ4n) is 2.03. The van der Waals surface area contributed by atoms with E-state index in [9.17, 15) is 4.79 Å². The number of hydrogen-bond acceptors (Lipinski definition) is 6. The summed E-state index contributed by atoms with van der Waals surface area (Å²) in [5, 5.41) is 17.6. The van der Waals surface area contributed by atoms with Crippen molar-refractivity contribution in [1.82, 2.24) is 0 Å². The summed E-state index contributed by atoms with van der Waals surface area (Å²) in [6.45, 7) is 16.0. The molecule has 164 valence electrons. The minimum absolute atomic E-state index is 0.0170. The van der Waals surface area contributed by atoms with Gasteiger partial charge in [-0.25, -0.2) is 0 Å². The lowest BCUT2D eigenvalue weighted by molar-refractivity contribution is -0.160. The predicted octanol–water partition coefficient (Wildman–Crippen LogP) is 3.71. The van der Waals surface area contributed by atoms with E-state index in [1.807, 2.05) is 34.6 Å². The first-order valence-electron chi connectivity index (χ1n) is 10.2. The van der Waals surface area contributed by atoms with E-state index in [1.54, 1.807) is 13.8 Å². The summed E-state index contributed by atoms with van der Waals surface area (Å²) in [4.78, 5) is 11.7. The Labute approximate surface area is 166 Å². The SMILES string of the molecule is CC(O)COC(C)COC(C)CO.CCCCC(CC)C(=O)OC(C)(C)C. The lowest BCUT2D eigenvalue weighted by Crippen LogP contribution is -2.28. The number of esters is 1. The fraction of sp³-hybridized carbons (Fsp3) is 0.952. The van der Waals surface area contributed by atoms with E-state index in [1.165, 1.54) is 0 Å². The monoisotopic (exact) mass is 392 g/mol. The maximum absolute atomic E-state index is 11.7. The molecule has 0 aliphatic heterocycles. The van der Waals surface area contributed by atoms with Crippen LogP contribution < -0.4 is 0 Å². The van der Waals surface area contributed by atoms with E-state index >= 15 is 0 Å². The Balaban J connectivity index is 0. The zero-order valence-electron chi connectivity index (χ0n) is 18.8. The summed E-state index contributed by atoms with van der Waals surface area (Å²) >= 11 is 0. The van der Waals surface area contributed by atoms with Crippen molar-refractivity contribution in [2.45, 2.75) is 105 Å². The normalized spacial score (nSPS) is 15.9. The average molecular weight is 393 g/mol. The smallest absolute Gasteiger partial charge is 0.309 e. The van der Waals surface area contributed by atoms with Gasteiger partial charge in [-0.3, -0.25) is 4.79 Å². The second kappa shape index (κ2) is 16.3. The largest absolute Gasteiger partial charge is 0.460 e. The topological polar surface area (TPSA) is 85.2 Å². The van der Waals surface area contributed by atoms with Crippen LogP contribution in [0.25, 0.3) is 0 Å². The van der Waals surface area contributed by atoms with Crippen LogP contribution in [-0.4, -0.2) is 59.9 Å². The van der Waals surface area contributed by atoms with Gasteiger partial charge in [-0.15, -0.1) is 0 Å². The third-order valence-electron chi connectivity index (χ3n) is 3.63. The van der Waals surface area contributed by atoms with Gasteiger partial charge in [0.05, 0.1) is 44.1 Å². The maximum atomic E-state index is 11.7. The molecule has 4 atom stereocenters. The van der Waals surface area contributed by atoms with Crippen LogP contribution in [0.15, 0.2) is 0 Å². The van der Waals surface area contributed by atoms with E-state index in [0.29, 0.717) is 13.2 Å². The first kappa shape index (κ1) is 28.5. The third-order valence-corrected chi connectivity index (χ3v) is 3.63. The van der Waals surface area contributed by atoms with Crippen LogP contribution in [0, 0.1) is 5.92 Å². The summed E-state index contributed by atoms with van der Waals surface area (Å²) in [5.41, 5.74) is -0.350. The summed E-state index contributed by atoms with van der Waals surface area (Å²) in [6.07, 6.45) is 3.44. The summed E-state index contributed by atoms with van der Waals surface area (Å²) in [7, 11) is 0. The highest BCUT2D eigenvalue weighted by Gasteiger charge is 2.23. The molecule has 6 heteroatoms. The lowest BCUT2D eigenvalue weighted by Gasteiger charge is -2.23. The van der Waals surface area contributed by atoms with Gasteiger partial charge >= 0.3 is 5.97 Å². The molecule has 4 unspecified atom stereocenters. The van der Waals surface area contributed by atoms with Crippen LogP contribution in [0.5, 0.6) is 0 Å². The van der Waals surface area contributed by atoms with Gasteiger partial charge in [-0.1, -0.05) is 26.7 Å². The second-order valence-electron chi connectivity index (χ2n) is 8.10. The number of carbonyl (C=O) groups is 1. The molecule has 0 heterocycles. The predicted molar refractivity (Wildman–Crippen MR) is 109 cm³/mol. The Hall–Kier alpha value is -0.690. The lowest BCUT2D eigenvalue weighted by atomic mass is 9.99. The molecule has 2 N–H and O–H groups in total. The first-order chi connectivity index (χ1) is 12.5. The minimum Gasteiger partial charge on any atom is -0.460 e. The molecule has 0 saturated carbocycles. The zero-order valence-corrected chi connectivity index (χ0v) is 18.8. The average Bonchev–Trinajstić information content (AvgIpc) is 2.57. The van der Waals surface area contributed by atoms with Crippen LogP contribution in [0.4, 0.5) is 0 Å². The standard InChI is InChI=1S/C12H24O2.C9H20O4/c1-6-8-9-10(7-2)11(13)14-12(3,4)5;1-7(11)5-12-9(3)6-13-8(2)4-10/h10H,6-9H2,1-5H3;7-11H,4-6H2,1-3H3. The summed E-state index contributed by atoms with van der Waals surface area (Å²) < 4.78 is 15.8. The van der Waals surface area contributed by atoms with Crippen molar-refractivity contribution in [2.24, 2.45) is 5.92 Å². The van der Waals surface area contributed by atoms with E-state index in [0.717, 1.165) is 25.7 Å². The van der Waals surface area contributed by atoms with Crippen molar-refractivity contribution in [2.75, 3.05) is 19.8 Å². The molecule has 0 aromatic rings. The fourth-order valence-corrected chi connectivity index (χ4v) is 2.03. The second-order valence-corrected chi connectivity index (χ2v) is 8.10. The molecule has 0 bridgehead atoms. The van der Waals surface area contributed by atoms with Gasteiger partial charge in [0, 0.05) is 0 Å². The van der Waals surface area contributed by atoms with E-state index < -0.39 is 6.10 Å². The van der Waals surface area contributed by atoms with Gasteiger partial charge in [0.15, 0.2) is 0 Å². The Morgan fingerprint density at radius 1 is 1.00 bits per heavy atom. The van der Waals surface area contributed by atoms with E-state index in [2.05, 4.69) is 6.92 Å². The molecule has 0 aliphatic carbocycles. The van der Waals surface area contributed by atoms with E-state index in [4.69, 9.17) is 24.4 Å². The van der Waals surface area contributed by atoms with Crippen LogP contribution in [-0.2, 0) is 19.0 Å². The van der Waals surface area contributed by atoms with Gasteiger partial charge in [0.25, 0.3) is 0 Å². The van der Waals surface area contributed by atoms with Crippen molar-refractivity contribution in [3.05, 3.63) is 0 Å². The number of aliphatic hydroxyl groups excluding tert-OH is 2. The quantitative estimate of drug-likeness (QED) is 0.493. The molecule has 0 spiro atoms. The highest BCUT2D eigenvalue weighted by atomic mass is 16.6. The van der Waals surface area contributed by atoms with Gasteiger partial charge in [0.2, 0.25) is 0 Å². The number of hydrogen-bond donors (Lipinski definition) is 2. The van der Waals surface area contributed by atoms with Gasteiger partial charge in [-0.2, -0.15) is 0 Å². The van der Waals surface area contributed by atoms with Crippen molar-refractivity contribution in [3.8, 4) is 0 Å². The molecule has 0 rings (SSSR count). The van der Waals surface area contributed by atoms with Crippen molar-refractivity contribution in [1.29, 1.82) is 0 Å². The van der Waals surface area contributed by atoms with E-state index in [-0.39, 0.29) is 36.3 Å². The number of unbranched alkanes of at least 4 members (excludes halogenated alkanes) is 1. The molecule has 0 aromatic heterocycles. The molecule has 0 aliphatic rings. The Morgan fingerprint density at radius 2 is 1.56 bits per heavy atom. The van der Waals surface area contributed by atoms with Gasteiger partial charge < -0.3 is 24.4 Å². The number of rotatable bonds is 12. The van der Waals surface area contributed by atoms with Crippen LogP contribution >= 0.6 is 0 Å². The van der Waals surface area contributed by atoms with Crippen molar-refractivity contribution < 1.29 is 29.2 Å². The summed E-state index contributed by atoms with van der Waals surface area (Å²) in [5.74, 6) is 0.0580. The Bertz CT molecular complexity index is 351. The Morgan fingerprint density at radius 3 is 1.96 bits per heavy atom. The molecule has 27 heavy (non-hydrogen) atoms. The Kier molecular flexibility index (Phi) is 17.2. The van der Waals surface area contributed by atoms with Crippen molar-refractivity contribution >= 4 is 5.97 Å². The highest BCUT2D eigenvalue weighted by molar-refractivity contribution is 5.72. The maximum Gasteiger partial charge on any atom is 0.309 e. The molecule has 0 aromatic carbocycles. The molecule has 0 amide bonds. The molecular weight excluding hydrogens is 348 g/mol. The molecule has 0 saturated heterocycles. The van der Waals surface area contributed by atoms with Gasteiger partial charge in [0.1, 0.15) is 5.60 Å². The van der Waals surface area contributed by atoms with Crippen LogP contribution in [0.3, 0.4) is 0 Å². The van der Waals surface area contributed by atoms with Crippen LogP contribution in [0.1, 0.15) is 81.1 Å². The van der Waals surface area contributed by atoms with Crippen molar-refractivity contribution in [3.63, 3.8) is 0 Å². The molecule has 0 fully saturated rings. The third kappa shape index (κ3) is 19.9. The number of ether oxygens (including phenoxy) is 3. The number of carbonyl (C=O) groups excluding carboxylic acids is 1. The van der Waals surface area contributed by atoms with Gasteiger partial charge in [-0.05, 0) is 54.4 Å². The first-order valence-corrected chi connectivity index (χ1v) is 10.2.